The standard InChI is InChI=1S/C26H22FNO4/c1-15-13-16(2)25(32-3)20(14-15)23(29)21-22(17-9-11-18(27)12-10-17)28(26(31)24(21)30)19-7-5-4-6-8-19/h4-14,22,29H,1-3H3/b23-21+. The molecule has 1 heterocycles. The zero-order chi connectivity index (χ0) is 23.0. The topological polar surface area (TPSA) is 66.8 Å². The van der Waals surface area contributed by atoms with Crippen LogP contribution in [0.2, 0.25) is 0 Å². The Morgan fingerprint density at radius 2 is 1.66 bits per heavy atom. The van der Waals surface area contributed by atoms with Gasteiger partial charge in [-0.1, -0.05) is 36.4 Å². The molecule has 1 saturated heterocycles. The maximum Gasteiger partial charge on any atom is 0.300 e. The third-order valence-electron chi connectivity index (χ3n) is 5.54. The second-order valence-electron chi connectivity index (χ2n) is 7.72. The molecule has 0 aromatic heterocycles. The molecule has 3 aromatic carbocycles. The van der Waals surface area contributed by atoms with Crippen molar-refractivity contribution >= 4 is 23.1 Å². The monoisotopic (exact) mass is 431 g/mol. The van der Waals surface area contributed by atoms with Crippen LogP contribution in [0.3, 0.4) is 0 Å². The molecule has 1 unspecified atom stereocenters. The number of anilines is 1. The summed E-state index contributed by atoms with van der Waals surface area (Å²) in [6.45, 7) is 3.70. The van der Waals surface area contributed by atoms with E-state index in [9.17, 15) is 19.1 Å². The molecule has 0 spiro atoms. The maximum atomic E-state index is 13.6. The van der Waals surface area contributed by atoms with E-state index in [1.165, 1.54) is 36.3 Å². The van der Waals surface area contributed by atoms with Crippen LogP contribution in [-0.2, 0) is 9.59 Å². The molecule has 1 aliphatic rings. The van der Waals surface area contributed by atoms with Gasteiger partial charge in [-0.25, -0.2) is 4.39 Å². The van der Waals surface area contributed by atoms with Crippen molar-refractivity contribution in [1.29, 1.82) is 0 Å². The number of methoxy groups -OCH3 is 1. The number of carbonyl (C=O) groups excluding carboxylic acids is 2. The molecule has 0 bridgehead atoms. The summed E-state index contributed by atoms with van der Waals surface area (Å²) in [5, 5.41) is 11.3. The highest BCUT2D eigenvalue weighted by molar-refractivity contribution is 6.51. The lowest BCUT2D eigenvalue weighted by Gasteiger charge is -2.25. The molecule has 162 valence electrons. The van der Waals surface area contributed by atoms with Gasteiger partial charge in [0.2, 0.25) is 0 Å². The Morgan fingerprint density at radius 3 is 2.28 bits per heavy atom. The summed E-state index contributed by atoms with van der Waals surface area (Å²) in [5.41, 5.74) is 2.89. The summed E-state index contributed by atoms with van der Waals surface area (Å²) in [6.07, 6.45) is 0. The number of aryl methyl sites for hydroxylation is 2. The highest BCUT2D eigenvalue weighted by Crippen LogP contribution is 2.43. The van der Waals surface area contributed by atoms with Crippen LogP contribution >= 0.6 is 0 Å². The highest BCUT2D eigenvalue weighted by atomic mass is 19.1. The van der Waals surface area contributed by atoms with E-state index in [4.69, 9.17) is 4.74 Å². The van der Waals surface area contributed by atoms with Crippen LogP contribution in [-0.4, -0.2) is 23.9 Å². The number of Topliss-reactive ketones (excluding diaryl/α,β-unsaturated/α-hetero) is 1. The Bertz CT molecular complexity index is 1230. The van der Waals surface area contributed by atoms with Crippen molar-refractivity contribution in [2.75, 3.05) is 12.0 Å². The number of benzene rings is 3. The summed E-state index contributed by atoms with van der Waals surface area (Å²) >= 11 is 0. The molecular formula is C26H22FNO4. The van der Waals surface area contributed by atoms with E-state index in [1.807, 2.05) is 19.9 Å². The second kappa shape index (κ2) is 8.30. The first kappa shape index (κ1) is 21.3. The van der Waals surface area contributed by atoms with Crippen molar-refractivity contribution in [3.8, 4) is 5.75 Å². The van der Waals surface area contributed by atoms with Crippen LogP contribution in [0.5, 0.6) is 5.75 Å². The number of hydrogen-bond acceptors (Lipinski definition) is 4. The van der Waals surface area contributed by atoms with Gasteiger partial charge < -0.3 is 9.84 Å². The van der Waals surface area contributed by atoms with Crippen LogP contribution in [0, 0.1) is 19.7 Å². The molecule has 5 nitrogen and oxygen atoms in total. The molecule has 1 N–H and O–H groups in total. The lowest BCUT2D eigenvalue weighted by atomic mass is 9.93. The molecule has 1 amide bonds. The van der Waals surface area contributed by atoms with Crippen molar-refractivity contribution in [1.82, 2.24) is 0 Å². The molecule has 0 saturated carbocycles. The molecule has 1 atom stereocenters. The minimum atomic E-state index is -0.927. The van der Waals surface area contributed by atoms with Crippen molar-refractivity contribution in [2.24, 2.45) is 0 Å². The first-order valence-corrected chi connectivity index (χ1v) is 10.1. The number of aliphatic hydroxyl groups excluding tert-OH is 1. The Kier molecular flexibility index (Phi) is 5.53. The van der Waals surface area contributed by atoms with Gasteiger partial charge >= 0.3 is 0 Å². The maximum absolute atomic E-state index is 13.6. The Morgan fingerprint density at radius 1 is 1.00 bits per heavy atom. The smallest absolute Gasteiger partial charge is 0.300 e. The average molecular weight is 431 g/mol. The number of nitrogens with zero attached hydrogens (tertiary/aromatic N) is 1. The summed E-state index contributed by atoms with van der Waals surface area (Å²) in [5.74, 6) is -1.95. The number of hydrogen-bond donors (Lipinski definition) is 1. The van der Waals surface area contributed by atoms with Crippen molar-refractivity contribution in [3.05, 3.63) is 100 Å². The molecule has 4 rings (SSSR count). The number of carbonyl (C=O) groups is 2. The van der Waals surface area contributed by atoms with Gasteiger partial charge in [0, 0.05) is 5.69 Å². The van der Waals surface area contributed by atoms with E-state index >= 15 is 0 Å². The lowest BCUT2D eigenvalue weighted by molar-refractivity contribution is -0.132. The number of rotatable bonds is 4. The SMILES string of the molecule is COc1c(C)cc(C)cc1/C(O)=C1\C(=O)C(=O)N(c2ccccc2)C1c1ccc(F)cc1. The third-order valence-corrected chi connectivity index (χ3v) is 5.54. The van der Waals surface area contributed by atoms with Crippen molar-refractivity contribution < 1.29 is 23.8 Å². The Labute approximate surface area is 185 Å². The van der Waals surface area contributed by atoms with Gasteiger partial charge in [0.15, 0.2) is 0 Å². The molecule has 0 radical (unpaired) electrons. The van der Waals surface area contributed by atoms with Gasteiger partial charge in [0.25, 0.3) is 11.7 Å². The van der Waals surface area contributed by atoms with Crippen LogP contribution < -0.4 is 9.64 Å². The number of aliphatic hydroxyl groups is 1. The highest BCUT2D eigenvalue weighted by Gasteiger charge is 2.47. The first-order chi connectivity index (χ1) is 15.3. The van der Waals surface area contributed by atoms with Gasteiger partial charge in [-0.15, -0.1) is 0 Å². The number of amides is 1. The predicted octanol–water partition coefficient (Wildman–Crippen LogP) is 5.08. The minimum absolute atomic E-state index is 0.0752. The van der Waals surface area contributed by atoms with Gasteiger partial charge in [-0.3, -0.25) is 14.5 Å². The van der Waals surface area contributed by atoms with Gasteiger partial charge in [0.05, 0.1) is 24.3 Å². The largest absolute Gasteiger partial charge is 0.507 e. The van der Waals surface area contributed by atoms with E-state index in [2.05, 4.69) is 0 Å². The van der Waals surface area contributed by atoms with Crippen molar-refractivity contribution in [2.45, 2.75) is 19.9 Å². The molecule has 0 aliphatic carbocycles. The summed E-state index contributed by atoms with van der Waals surface area (Å²) in [4.78, 5) is 27.6. The lowest BCUT2D eigenvalue weighted by Crippen LogP contribution is -2.29. The van der Waals surface area contributed by atoms with Crippen LogP contribution in [0.1, 0.15) is 28.3 Å². The van der Waals surface area contributed by atoms with Crippen LogP contribution in [0.25, 0.3) is 5.76 Å². The van der Waals surface area contributed by atoms with Gasteiger partial charge in [-0.2, -0.15) is 0 Å². The van der Waals surface area contributed by atoms with Crippen LogP contribution in [0.15, 0.2) is 72.3 Å². The summed E-state index contributed by atoms with van der Waals surface area (Å²) < 4.78 is 19.1. The zero-order valence-electron chi connectivity index (χ0n) is 17.9. The molecule has 3 aromatic rings. The molecule has 32 heavy (non-hydrogen) atoms. The zero-order valence-corrected chi connectivity index (χ0v) is 17.9. The Hall–Kier alpha value is -3.93. The average Bonchev–Trinajstić information content (AvgIpc) is 3.04. The van der Waals surface area contributed by atoms with Gasteiger partial charge in [0.1, 0.15) is 17.3 Å². The van der Waals surface area contributed by atoms with Crippen LogP contribution in [0.4, 0.5) is 10.1 Å². The first-order valence-electron chi connectivity index (χ1n) is 10.1. The number of ether oxygens (including phenoxy) is 1. The Balaban J connectivity index is 2.00. The van der Waals surface area contributed by atoms with E-state index in [-0.39, 0.29) is 11.3 Å². The van der Waals surface area contributed by atoms with Crippen molar-refractivity contribution in [3.63, 3.8) is 0 Å². The fraction of sp³-hybridized carbons (Fsp3) is 0.154. The molecule has 6 heteroatoms. The van der Waals surface area contributed by atoms with Gasteiger partial charge in [-0.05, 0) is 60.9 Å². The summed E-state index contributed by atoms with van der Waals surface area (Å²) in [7, 11) is 1.48. The summed E-state index contributed by atoms with van der Waals surface area (Å²) in [6, 6.07) is 16.9. The third kappa shape index (κ3) is 3.54. The fourth-order valence-corrected chi connectivity index (χ4v) is 4.19. The fourth-order valence-electron chi connectivity index (χ4n) is 4.19. The number of halogens is 1. The predicted molar refractivity (Wildman–Crippen MR) is 120 cm³/mol. The van der Waals surface area contributed by atoms with E-state index in [0.29, 0.717) is 22.6 Å². The quantitative estimate of drug-likeness (QED) is 0.356. The number of ketones is 1. The molecular weight excluding hydrogens is 409 g/mol. The normalized spacial score (nSPS) is 17.6. The second-order valence-corrected chi connectivity index (χ2v) is 7.72. The number of para-hydroxylation sites is 1. The molecule has 1 aliphatic heterocycles. The van der Waals surface area contributed by atoms with E-state index in [1.54, 1.807) is 36.4 Å². The molecule has 1 fully saturated rings. The van der Waals surface area contributed by atoms with E-state index < -0.39 is 23.5 Å². The van der Waals surface area contributed by atoms with E-state index in [0.717, 1.165) is 11.1 Å². The minimum Gasteiger partial charge on any atom is -0.507 e.